The Kier molecular flexibility index (Phi) is 5.20. The monoisotopic (exact) mass is 347 g/mol. The summed E-state index contributed by atoms with van der Waals surface area (Å²) in [5, 5.41) is 2.68. The van der Waals surface area contributed by atoms with E-state index in [9.17, 15) is 14.4 Å². The summed E-state index contributed by atoms with van der Waals surface area (Å²) in [6.45, 7) is 0.274. The number of imide groups is 1. The van der Waals surface area contributed by atoms with Crippen LogP contribution in [0.25, 0.3) is 0 Å². The zero-order valence-corrected chi connectivity index (χ0v) is 14.2. The molecule has 3 amide bonds. The van der Waals surface area contributed by atoms with E-state index in [2.05, 4.69) is 5.32 Å². The smallest absolute Gasteiger partial charge is 0.289 e. The molecule has 1 aliphatic heterocycles. The molecule has 2 fully saturated rings. The number of hydrogen-bond donors (Lipinski definition) is 2. The van der Waals surface area contributed by atoms with E-state index < -0.39 is 0 Å². The summed E-state index contributed by atoms with van der Waals surface area (Å²) in [5.41, 5.74) is 7.57. The van der Waals surface area contributed by atoms with Crippen LogP contribution in [0.15, 0.2) is 24.3 Å². The molecular weight excluding hydrogens is 326 g/mol. The first-order chi connectivity index (χ1) is 11.5. The molecule has 1 saturated carbocycles. The Bertz CT molecular complexity index is 631. The van der Waals surface area contributed by atoms with Crippen LogP contribution in [-0.2, 0) is 16.1 Å². The molecule has 1 aromatic rings. The molecule has 0 radical (unpaired) electrons. The van der Waals surface area contributed by atoms with Crippen molar-refractivity contribution in [1.29, 1.82) is 0 Å². The number of amides is 3. The molecule has 1 heterocycles. The first kappa shape index (κ1) is 17.0. The number of rotatable bonds is 5. The summed E-state index contributed by atoms with van der Waals surface area (Å²) < 4.78 is 0. The maximum Gasteiger partial charge on any atom is 0.289 e. The van der Waals surface area contributed by atoms with Gasteiger partial charge in [-0.25, -0.2) is 0 Å². The van der Waals surface area contributed by atoms with Gasteiger partial charge in [0, 0.05) is 18.2 Å². The SMILES string of the molecule is N[C@@H]1CCC[C@H]1CC(=O)Nc1ccc(CN2C(=O)CSC2=O)cc1. The van der Waals surface area contributed by atoms with Gasteiger partial charge in [-0.3, -0.25) is 19.3 Å². The molecule has 3 rings (SSSR count). The Labute approximate surface area is 145 Å². The molecule has 1 aromatic carbocycles. The van der Waals surface area contributed by atoms with E-state index in [1.165, 1.54) is 4.90 Å². The Balaban J connectivity index is 1.53. The van der Waals surface area contributed by atoms with E-state index in [0.29, 0.717) is 12.1 Å². The highest BCUT2D eigenvalue weighted by Gasteiger charge is 2.29. The first-order valence-electron chi connectivity index (χ1n) is 8.14. The van der Waals surface area contributed by atoms with Crippen molar-refractivity contribution in [2.75, 3.05) is 11.1 Å². The van der Waals surface area contributed by atoms with Crippen molar-refractivity contribution in [2.45, 2.75) is 38.3 Å². The second-order valence-electron chi connectivity index (χ2n) is 6.34. The van der Waals surface area contributed by atoms with Gasteiger partial charge in [0.2, 0.25) is 11.8 Å². The number of nitrogens with one attached hydrogen (secondary N) is 1. The molecule has 0 spiro atoms. The largest absolute Gasteiger partial charge is 0.327 e. The summed E-state index contributed by atoms with van der Waals surface area (Å²) in [6, 6.07) is 7.35. The number of carbonyl (C=O) groups is 3. The number of hydrogen-bond acceptors (Lipinski definition) is 5. The average Bonchev–Trinajstić information content (AvgIpc) is 3.09. The summed E-state index contributed by atoms with van der Waals surface area (Å²) in [5.74, 6) is 0.312. The molecule has 0 aromatic heterocycles. The quantitative estimate of drug-likeness (QED) is 0.853. The van der Waals surface area contributed by atoms with Gasteiger partial charge in [0.1, 0.15) is 0 Å². The lowest BCUT2D eigenvalue weighted by Gasteiger charge is -2.15. The third-order valence-electron chi connectivity index (χ3n) is 4.58. The molecule has 0 bridgehead atoms. The maximum atomic E-state index is 12.1. The number of thioether (sulfide) groups is 1. The van der Waals surface area contributed by atoms with Crippen LogP contribution in [0.2, 0.25) is 0 Å². The second kappa shape index (κ2) is 7.36. The molecule has 2 atom stereocenters. The number of nitrogens with zero attached hydrogens (tertiary/aromatic N) is 1. The van der Waals surface area contributed by atoms with Gasteiger partial charge < -0.3 is 11.1 Å². The molecule has 128 valence electrons. The van der Waals surface area contributed by atoms with Gasteiger partial charge in [-0.05, 0) is 36.5 Å². The van der Waals surface area contributed by atoms with Gasteiger partial charge in [0.25, 0.3) is 5.24 Å². The van der Waals surface area contributed by atoms with E-state index in [0.717, 1.165) is 36.6 Å². The zero-order valence-electron chi connectivity index (χ0n) is 13.4. The number of anilines is 1. The van der Waals surface area contributed by atoms with Crippen LogP contribution in [0.4, 0.5) is 10.5 Å². The molecule has 1 saturated heterocycles. The fraction of sp³-hybridized carbons (Fsp3) is 0.471. The Morgan fingerprint density at radius 1 is 1.25 bits per heavy atom. The Morgan fingerprint density at radius 2 is 2.00 bits per heavy atom. The van der Waals surface area contributed by atoms with E-state index >= 15 is 0 Å². The van der Waals surface area contributed by atoms with E-state index in [1.54, 1.807) is 12.1 Å². The minimum Gasteiger partial charge on any atom is -0.327 e. The summed E-state index contributed by atoms with van der Waals surface area (Å²) in [6.07, 6.45) is 3.57. The zero-order chi connectivity index (χ0) is 17.1. The van der Waals surface area contributed by atoms with Crippen LogP contribution >= 0.6 is 11.8 Å². The van der Waals surface area contributed by atoms with Gasteiger partial charge in [-0.2, -0.15) is 0 Å². The second-order valence-corrected chi connectivity index (χ2v) is 7.27. The van der Waals surface area contributed by atoms with E-state index in [-0.39, 0.29) is 41.3 Å². The number of nitrogens with two attached hydrogens (primary N) is 1. The van der Waals surface area contributed by atoms with Gasteiger partial charge in [0.05, 0.1) is 12.3 Å². The van der Waals surface area contributed by atoms with Crippen molar-refractivity contribution < 1.29 is 14.4 Å². The van der Waals surface area contributed by atoms with Crippen LogP contribution < -0.4 is 11.1 Å². The molecule has 3 N–H and O–H groups in total. The van der Waals surface area contributed by atoms with Gasteiger partial charge in [0.15, 0.2) is 0 Å². The lowest BCUT2D eigenvalue weighted by Crippen LogP contribution is -2.28. The van der Waals surface area contributed by atoms with E-state index in [1.807, 2.05) is 12.1 Å². The number of carbonyl (C=O) groups excluding carboxylic acids is 3. The predicted molar refractivity (Wildman–Crippen MR) is 93.4 cm³/mol. The van der Waals surface area contributed by atoms with Crippen LogP contribution in [0.1, 0.15) is 31.2 Å². The van der Waals surface area contributed by atoms with Crippen molar-refractivity contribution in [2.24, 2.45) is 11.7 Å². The van der Waals surface area contributed by atoms with Crippen LogP contribution in [0.3, 0.4) is 0 Å². The molecule has 7 heteroatoms. The fourth-order valence-corrected chi connectivity index (χ4v) is 3.90. The van der Waals surface area contributed by atoms with Crippen molar-refractivity contribution in [1.82, 2.24) is 4.90 Å². The fourth-order valence-electron chi connectivity index (χ4n) is 3.18. The van der Waals surface area contributed by atoms with Gasteiger partial charge >= 0.3 is 0 Å². The maximum absolute atomic E-state index is 12.1. The highest BCUT2D eigenvalue weighted by atomic mass is 32.2. The molecular formula is C17H21N3O3S. The minimum absolute atomic E-state index is 0.0219. The molecule has 0 unspecified atom stereocenters. The Hall–Kier alpha value is -1.86. The lowest BCUT2D eigenvalue weighted by molar-refractivity contribution is -0.125. The lowest BCUT2D eigenvalue weighted by atomic mass is 10.00. The molecule has 1 aliphatic carbocycles. The van der Waals surface area contributed by atoms with Crippen molar-refractivity contribution in [3.63, 3.8) is 0 Å². The summed E-state index contributed by atoms with van der Waals surface area (Å²) >= 11 is 1.03. The predicted octanol–water partition coefficient (Wildman–Crippen LogP) is 2.34. The number of benzene rings is 1. The van der Waals surface area contributed by atoms with Crippen LogP contribution in [0, 0.1) is 5.92 Å². The first-order valence-corrected chi connectivity index (χ1v) is 9.13. The summed E-state index contributed by atoms with van der Waals surface area (Å²) in [4.78, 5) is 36.5. The molecule has 2 aliphatic rings. The standard InChI is InChI=1S/C17H21N3O3S/c18-14-3-1-2-12(14)8-15(21)19-13-6-4-11(5-7-13)9-20-16(22)10-24-17(20)23/h4-7,12,14H,1-3,8-10,18H2,(H,19,21)/t12-,14+/m0/s1. The van der Waals surface area contributed by atoms with Gasteiger partial charge in [-0.15, -0.1) is 0 Å². The third-order valence-corrected chi connectivity index (χ3v) is 5.44. The van der Waals surface area contributed by atoms with Crippen LogP contribution in [-0.4, -0.2) is 33.7 Å². The molecule has 24 heavy (non-hydrogen) atoms. The van der Waals surface area contributed by atoms with Gasteiger partial charge in [-0.1, -0.05) is 30.3 Å². The minimum atomic E-state index is -0.203. The summed E-state index contributed by atoms with van der Waals surface area (Å²) in [7, 11) is 0. The van der Waals surface area contributed by atoms with E-state index in [4.69, 9.17) is 5.73 Å². The highest BCUT2D eigenvalue weighted by Crippen LogP contribution is 2.27. The highest BCUT2D eigenvalue weighted by molar-refractivity contribution is 8.14. The average molecular weight is 347 g/mol. The Morgan fingerprint density at radius 3 is 2.58 bits per heavy atom. The van der Waals surface area contributed by atoms with Crippen molar-refractivity contribution in [3.8, 4) is 0 Å². The van der Waals surface area contributed by atoms with Crippen molar-refractivity contribution in [3.05, 3.63) is 29.8 Å². The molecule has 6 nitrogen and oxygen atoms in total. The third kappa shape index (κ3) is 3.96. The van der Waals surface area contributed by atoms with Crippen LogP contribution in [0.5, 0.6) is 0 Å². The topological polar surface area (TPSA) is 92.5 Å². The van der Waals surface area contributed by atoms with Crippen molar-refractivity contribution >= 4 is 34.5 Å². The normalized spacial score (nSPS) is 23.8.